The molecule has 0 saturated heterocycles. The molecule has 0 saturated carbocycles. The summed E-state index contributed by atoms with van der Waals surface area (Å²) in [6.45, 7) is 6.02. The highest BCUT2D eigenvalue weighted by Crippen LogP contribution is 2.26. The standard InChI is InChI=1S/C30H25N7O/c1-19-9-14-25(15-20(19)2)36-28-26(17-33-36)29(32-18-31-28)37-27(16-21(3)35-37)34-30(38)24-12-10-23(11-13-24)22-7-5-4-6-8-22/h4-18H,1-3H3,(H,34,38). The quantitative estimate of drug-likeness (QED) is 0.322. The molecule has 38 heavy (non-hydrogen) atoms. The molecule has 0 aliphatic heterocycles. The first-order valence-electron chi connectivity index (χ1n) is 12.3. The number of hydrogen-bond acceptors (Lipinski definition) is 5. The van der Waals surface area contributed by atoms with Crippen molar-refractivity contribution in [3.05, 3.63) is 114 Å². The number of anilines is 1. The van der Waals surface area contributed by atoms with E-state index in [4.69, 9.17) is 0 Å². The second kappa shape index (κ2) is 9.40. The maximum atomic E-state index is 13.2. The largest absolute Gasteiger partial charge is 0.306 e. The monoisotopic (exact) mass is 499 g/mol. The summed E-state index contributed by atoms with van der Waals surface area (Å²) in [6.07, 6.45) is 3.21. The molecule has 0 bridgehead atoms. The van der Waals surface area contributed by atoms with Gasteiger partial charge in [-0.1, -0.05) is 48.5 Å². The average Bonchev–Trinajstić information content (AvgIpc) is 3.54. The number of benzene rings is 3. The third-order valence-electron chi connectivity index (χ3n) is 6.61. The van der Waals surface area contributed by atoms with E-state index in [1.807, 2.05) is 73.7 Å². The van der Waals surface area contributed by atoms with Gasteiger partial charge in [-0.2, -0.15) is 14.9 Å². The van der Waals surface area contributed by atoms with Crippen LogP contribution in [0.4, 0.5) is 5.82 Å². The first-order valence-corrected chi connectivity index (χ1v) is 12.3. The Morgan fingerprint density at radius 1 is 0.789 bits per heavy atom. The Labute approximate surface area is 219 Å². The van der Waals surface area contributed by atoms with Crippen LogP contribution in [0.25, 0.3) is 33.7 Å². The van der Waals surface area contributed by atoms with E-state index in [2.05, 4.69) is 51.5 Å². The molecule has 3 aromatic heterocycles. The zero-order valence-corrected chi connectivity index (χ0v) is 21.3. The molecule has 6 rings (SSSR count). The van der Waals surface area contributed by atoms with Crippen molar-refractivity contribution in [1.82, 2.24) is 29.5 Å². The predicted octanol–water partition coefficient (Wildman–Crippen LogP) is 5.85. The van der Waals surface area contributed by atoms with Gasteiger partial charge in [0.2, 0.25) is 0 Å². The van der Waals surface area contributed by atoms with Gasteiger partial charge in [0.05, 0.1) is 23.0 Å². The van der Waals surface area contributed by atoms with Crippen LogP contribution in [0.1, 0.15) is 27.2 Å². The summed E-state index contributed by atoms with van der Waals surface area (Å²) in [6, 6.07) is 25.6. The van der Waals surface area contributed by atoms with Gasteiger partial charge in [0, 0.05) is 11.6 Å². The van der Waals surface area contributed by atoms with Crippen LogP contribution in [0.2, 0.25) is 0 Å². The second-order valence-electron chi connectivity index (χ2n) is 9.24. The van der Waals surface area contributed by atoms with Crippen LogP contribution >= 0.6 is 0 Å². The van der Waals surface area contributed by atoms with Crippen LogP contribution in [0.15, 0.2) is 91.4 Å². The van der Waals surface area contributed by atoms with Crippen LogP contribution in [-0.4, -0.2) is 35.4 Å². The molecular weight excluding hydrogens is 474 g/mol. The average molecular weight is 500 g/mol. The first kappa shape index (κ1) is 23.3. The minimum absolute atomic E-state index is 0.234. The van der Waals surface area contributed by atoms with E-state index in [1.54, 1.807) is 15.6 Å². The number of aryl methyl sites for hydroxylation is 3. The zero-order chi connectivity index (χ0) is 26.2. The third-order valence-corrected chi connectivity index (χ3v) is 6.61. The maximum Gasteiger partial charge on any atom is 0.256 e. The van der Waals surface area contributed by atoms with Gasteiger partial charge in [0.15, 0.2) is 11.5 Å². The molecule has 0 fully saturated rings. The minimum Gasteiger partial charge on any atom is -0.306 e. The fourth-order valence-electron chi connectivity index (χ4n) is 4.43. The van der Waals surface area contributed by atoms with Crippen molar-refractivity contribution < 1.29 is 4.79 Å². The third kappa shape index (κ3) is 4.22. The number of rotatable bonds is 5. The van der Waals surface area contributed by atoms with Gasteiger partial charge in [-0.15, -0.1) is 0 Å². The van der Waals surface area contributed by atoms with Gasteiger partial charge >= 0.3 is 0 Å². The topological polar surface area (TPSA) is 90.5 Å². The summed E-state index contributed by atoms with van der Waals surface area (Å²) in [5.74, 6) is 0.813. The zero-order valence-electron chi connectivity index (χ0n) is 21.3. The highest BCUT2D eigenvalue weighted by atomic mass is 16.1. The van der Waals surface area contributed by atoms with Gasteiger partial charge in [0.25, 0.3) is 5.91 Å². The summed E-state index contributed by atoms with van der Waals surface area (Å²) in [5.41, 5.74) is 7.39. The number of amides is 1. The molecular formula is C30H25N7O. The predicted molar refractivity (Wildman–Crippen MR) is 148 cm³/mol. The number of fused-ring (bicyclic) bond motifs is 1. The Morgan fingerprint density at radius 2 is 1.55 bits per heavy atom. The van der Waals surface area contributed by atoms with Gasteiger partial charge in [-0.3, -0.25) is 4.79 Å². The van der Waals surface area contributed by atoms with Crippen LogP contribution in [-0.2, 0) is 0 Å². The Bertz CT molecular complexity index is 1780. The SMILES string of the molecule is Cc1cc(NC(=O)c2ccc(-c3ccccc3)cc2)n(-c2ncnc3c2cnn3-c2ccc(C)c(C)c2)n1. The molecule has 1 N–H and O–H groups in total. The molecule has 3 heterocycles. The lowest BCUT2D eigenvalue weighted by atomic mass is 10.0. The van der Waals surface area contributed by atoms with Gasteiger partial charge in [-0.05, 0) is 67.3 Å². The summed E-state index contributed by atoms with van der Waals surface area (Å²) in [5, 5.41) is 12.9. The molecule has 0 spiro atoms. The highest BCUT2D eigenvalue weighted by Gasteiger charge is 2.18. The number of nitrogens with one attached hydrogen (secondary N) is 1. The summed E-state index contributed by atoms with van der Waals surface area (Å²) >= 11 is 0. The fraction of sp³-hybridized carbons (Fsp3) is 0.100. The van der Waals surface area contributed by atoms with Crippen molar-refractivity contribution in [3.8, 4) is 22.6 Å². The summed E-state index contributed by atoms with van der Waals surface area (Å²) in [7, 11) is 0. The molecule has 0 radical (unpaired) electrons. The normalized spacial score (nSPS) is 11.1. The Balaban J connectivity index is 1.33. The van der Waals surface area contributed by atoms with Crippen molar-refractivity contribution >= 4 is 22.8 Å². The van der Waals surface area contributed by atoms with Crippen LogP contribution in [0, 0.1) is 20.8 Å². The summed E-state index contributed by atoms with van der Waals surface area (Å²) in [4.78, 5) is 22.2. The van der Waals surface area contributed by atoms with E-state index in [0.717, 1.165) is 27.9 Å². The van der Waals surface area contributed by atoms with Crippen LogP contribution in [0.5, 0.6) is 0 Å². The lowest BCUT2D eigenvalue weighted by molar-refractivity contribution is 0.102. The van der Waals surface area contributed by atoms with E-state index >= 15 is 0 Å². The van der Waals surface area contributed by atoms with E-state index in [-0.39, 0.29) is 5.91 Å². The molecule has 186 valence electrons. The van der Waals surface area contributed by atoms with Crippen LogP contribution < -0.4 is 5.32 Å². The number of carbonyl (C=O) groups is 1. The lowest BCUT2D eigenvalue weighted by Gasteiger charge is -2.10. The van der Waals surface area contributed by atoms with Gasteiger partial charge in [0.1, 0.15) is 12.1 Å². The van der Waals surface area contributed by atoms with Crippen molar-refractivity contribution in [2.75, 3.05) is 5.32 Å². The van der Waals surface area contributed by atoms with E-state index in [0.29, 0.717) is 22.8 Å². The lowest BCUT2D eigenvalue weighted by Crippen LogP contribution is -2.15. The molecule has 3 aromatic carbocycles. The molecule has 0 atom stereocenters. The Hall–Kier alpha value is -5.11. The summed E-state index contributed by atoms with van der Waals surface area (Å²) < 4.78 is 3.41. The molecule has 0 aliphatic carbocycles. The minimum atomic E-state index is -0.234. The van der Waals surface area contributed by atoms with Crippen LogP contribution in [0.3, 0.4) is 0 Å². The molecule has 6 aromatic rings. The molecule has 1 amide bonds. The smallest absolute Gasteiger partial charge is 0.256 e. The van der Waals surface area contributed by atoms with Gasteiger partial charge in [-0.25, -0.2) is 14.6 Å². The number of nitrogens with zero attached hydrogens (tertiary/aromatic N) is 6. The second-order valence-corrected chi connectivity index (χ2v) is 9.24. The van der Waals surface area contributed by atoms with Crippen molar-refractivity contribution in [1.29, 1.82) is 0 Å². The molecule has 0 aliphatic rings. The van der Waals surface area contributed by atoms with Crippen molar-refractivity contribution in [2.24, 2.45) is 0 Å². The molecule has 0 unspecified atom stereocenters. The molecule has 8 nitrogen and oxygen atoms in total. The Morgan fingerprint density at radius 3 is 2.32 bits per heavy atom. The van der Waals surface area contributed by atoms with Crippen molar-refractivity contribution in [3.63, 3.8) is 0 Å². The number of carbonyl (C=O) groups excluding carboxylic acids is 1. The van der Waals surface area contributed by atoms with E-state index in [1.165, 1.54) is 17.5 Å². The maximum absolute atomic E-state index is 13.2. The Kier molecular flexibility index (Phi) is 5.76. The van der Waals surface area contributed by atoms with E-state index < -0.39 is 0 Å². The molecule has 8 heteroatoms. The first-order chi connectivity index (χ1) is 18.5. The fourth-order valence-corrected chi connectivity index (χ4v) is 4.43. The number of hydrogen-bond donors (Lipinski definition) is 1. The highest BCUT2D eigenvalue weighted by molar-refractivity contribution is 6.04. The number of aromatic nitrogens is 6. The van der Waals surface area contributed by atoms with Crippen molar-refractivity contribution in [2.45, 2.75) is 20.8 Å². The van der Waals surface area contributed by atoms with E-state index in [9.17, 15) is 4.79 Å². The van der Waals surface area contributed by atoms with Gasteiger partial charge < -0.3 is 5.32 Å².